The number of anilines is 2. The summed E-state index contributed by atoms with van der Waals surface area (Å²) >= 11 is 0. The zero-order valence-corrected chi connectivity index (χ0v) is 12.8. The first-order chi connectivity index (χ1) is 9.83. The molecule has 0 radical (unpaired) electrons. The molecule has 1 aromatic carbocycles. The van der Waals surface area contributed by atoms with Crippen molar-refractivity contribution in [2.24, 2.45) is 0 Å². The normalized spacial score (nSPS) is 17.0. The second-order valence-corrected chi connectivity index (χ2v) is 6.06. The summed E-state index contributed by atoms with van der Waals surface area (Å²) in [5.74, 6) is -0.827. The van der Waals surface area contributed by atoms with Gasteiger partial charge in [-0.3, -0.25) is 4.79 Å². The predicted molar refractivity (Wildman–Crippen MR) is 82.0 cm³/mol. The smallest absolute Gasteiger partial charge is 0.256 e. The molecule has 2 rings (SSSR count). The van der Waals surface area contributed by atoms with Crippen molar-refractivity contribution in [1.29, 1.82) is 0 Å². The Hall–Kier alpha value is -1.62. The minimum atomic E-state index is -1.30. The highest BCUT2D eigenvalue weighted by Gasteiger charge is 2.38. The van der Waals surface area contributed by atoms with Crippen LogP contribution in [0, 0.1) is 5.82 Å². The summed E-state index contributed by atoms with van der Waals surface area (Å²) in [7, 11) is 1.82. The van der Waals surface area contributed by atoms with Crippen LogP contribution in [0.25, 0.3) is 0 Å². The number of halogens is 1. The average molecular weight is 294 g/mol. The molecule has 21 heavy (non-hydrogen) atoms. The first-order valence-electron chi connectivity index (χ1n) is 7.40. The number of benzene rings is 1. The molecule has 0 heterocycles. The Kier molecular flexibility index (Phi) is 4.52. The van der Waals surface area contributed by atoms with E-state index in [0.29, 0.717) is 24.2 Å². The summed E-state index contributed by atoms with van der Waals surface area (Å²) < 4.78 is 14.1. The molecule has 1 fully saturated rings. The molecule has 0 unspecified atom stereocenters. The van der Waals surface area contributed by atoms with Crippen molar-refractivity contribution in [1.82, 2.24) is 0 Å². The highest BCUT2D eigenvalue weighted by molar-refractivity contribution is 5.97. The molecule has 0 bridgehead atoms. The number of carbonyl (C=O) groups is 1. The van der Waals surface area contributed by atoms with Gasteiger partial charge in [0.2, 0.25) is 0 Å². The van der Waals surface area contributed by atoms with E-state index in [-0.39, 0.29) is 11.9 Å². The first-order valence-corrected chi connectivity index (χ1v) is 7.40. The van der Waals surface area contributed by atoms with Gasteiger partial charge in [-0.1, -0.05) is 0 Å². The van der Waals surface area contributed by atoms with Crippen LogP contribution in [0.2, 0.25) is 0 Å². The number of rotatable bonds is 4. The zero-order chi connectivity index (χ0) is 15.6. The third-order valence-electron chi connectivity index (χ3n) is 4.21. The molecule has 1 amide bonds. The van der Waals surface area contributed by atoms with Gasteiger partial charge in [0.25, 0.3) is 5.91 Å². The largest absolute Gasteiger partial charge is 0.380 e. The van der Waals surface area contributed by atoms with Gasteiger partial charge in [0, 0.05) is 18.8 Å². The van der Waals surface area contributed by atoms with Crippen LogP contribution in [-0.2, 0) is 4.79 Å². The van der Waals surface area contributed by atoms with Crippen LogP contribution in [0.3, 0.4) is 0 Å². The molecule has 0 aliphatic heterocycles. The lowest BCUT2D eigenvalue weighted by Crippen LogP contribution is -2.40. The van der Waals surface area contributed by atoms with Gasteiger partial charge in [-0.15, -0.1) is 0 Å². The molecular weight excluding hydrogens is 271 g/mol. The van der Waals surface area contributed by atoms with Gasteiger partial charge in [-0.25, -0.2) is 4.39 Å². The lowest BCUT2D eigenvalue weighted by molar-refractivity contribution is -0.133. The molecule has 0 aromatic heterocycles. The number of hydrogen-bond donors (Lipinski definition) is 2. The highest BCUT2D eigenvalue weighted by atomic mass is 19.1. The van der Waals surface area contributed by atoms with Crippen LogP contribution >= 0.6 is 0 Å². The van der Waals surface area contributed by atoms with E-state index in [1.807, 2.05) is 25.8 Å². The fourth-order valence-electron chi connectivity index (χ4n) is 2.58. The molecular formula is C16H23FN2O2. The Morgan fingerprint density at radius 3 is 2.52 bits per heavy atom. The Bertz CT molecular complexity index is 525. The van der Waals surface area contributed by atoms with E-state index in [1.165, 1.54) is 6.07 Å². The molecule has 1 aliphatic rings. The summed E-state index contributed by atoms with van der Waals surface area (Å²) in [5.41, 5.74) is -0.439. The molecule has 1 saturated carbocycles. The molecule has 116 valence electrons. The van der Waals surface area contributed by atoms with E-state index in [1.54, 1.807) is 12.1 Å². The van der Waals surface area contributed by atoms with Crippen LogP contribution in [0.1, 0.15) is 39.5 Å². The van der Waals surface area contributed by atoms with Crippen molar-refractivity contribution in [3.63, 3.8) is 0 Å². The average Bonchev–Trinajstić information content (AvgIpc) is 2.86. The molecule has 5 heteroatoms. The predicted octanol–water partition coefficient (Wildman–Crippen LogP) is 2.91. The first kappa shape index (κ1) is 15.8. The molecule has 0 atom stereocenters. The third-order valence-corrected chi connectivity index (χ3v) is 4.21. The Labute approximate surface area is 125 Å². The van der Waals surface area contributed by atoms with Crippen molar-refractivity contribution < 1.29 is 14.3 Å². The molecule has 1 aliphatic carbocycles. The summed E-state index contributed by atoms with van der Waals surface area (Å²) in [6.45, 7) is 3.95. The summed E-state index contributed by atoms with van der Waals surface area (Å²) in [6.07, 6.45) is 2.62. The van der Waals surface area contributed by atoms with Gasteiger partial charge in [-0.2, -0.15) is 0 Å². The van der Waals surface area contributed by atoms with Crippen molar-refractivity contribution in [2.45, 2.75) is 51.2 Å². The maximum atomic E-state index is 14.1. The number of carbonyl (C=O) groups excluding carboxylic acids is 1. The maximum absolute atomic E-state index is 14.1. The van der Waals surface area contributed by atoms with Crippen LogP contribution in [0.4, 0.5) is 15.8 Å². The monoisotopic (exact) mass is 294 g/mol. The summed E-state index contributed by atoms with van der Waals surface area (Å²) in [6, 6.07) is 4.78. The van der Waals surface area contributed by atoms with E-state index in [2.05, 4.69) is 5.32 Å². The highest BCUT2D eigenvalue weighted by Crippen LogP contribution is 2.31. The Balaban J connectivity index is 2.12. The molecule has 2 N–H and O–H groups in total. The number of nitrogens with zero attached hydrogens (tertiary/aromatic N) is 1. The molecule has 0 spiro atoms. The van der Waals surface area contributed by atoms with Crippen LogP contribution in [-0.4, -0.2) is 29.7 Å². The van der Waals surface area contributed by atoms with Gasteiger partial charge in [-0.05, 0) is 57.7 Å². The second-order valence-electron chi connectivity index (χ2n) is 6.06. The quantitative estimate of drug-likeness (QED) is 0.897. The van der Waals surface area contributed by atoms with Crippen LogP contribution in [0.5, 0.6) is 0 Å². The number of hydrogen-bond acceptors (Lipinski definition) is 3. The Morgan fingerprint density at radius 1 is 1.38 bits per heavy atom. The minimum absolute atomic E-state index is 0.180. The fourth-order valence-corrected chi connectivity index (χ4v) is 2.58. The summed E-state index contributed by atoms with van der Waals surface area (Å²) in [4.78, 5) is 13.9. The second kappa shape index (κ2) is 6.02. The molecule has 0 saturated heterocycles. The Morgan fingerprint density at radius 2 is 2.00 bits per heavy atom. The lowest BCUT2D eigenvalue weighted by Gasteiger charge is -2.25. The fraction of sp³-hybridized carbons (Fsp3) is 0.562. The van der Waals surface area contributed by atoms with Crippen LogP contribution in [0.15, 0.2) is 18.2 Å². The molecule has 4 nitrogen and oxygen atoms in total. The van der Waals surface area contributed by atoms with Crippen molar-refractivity contribution in [2.75, 3.05) is 17.3 Å². The number of nitrogens with one attached hydrogen (secondary N) is 1. The van der Waals surface area contributed by atoms with Gasteiger partial charge in [0.1, 0.15) is 11.4 Å². The zero-order valence-electron chi connectivity index (χ0n) is 12.8. The SMILES string of the molecule is CC(C)N(C)c1ccc(NC(=O)C2(O)CCCC2)cc1F. The van der Waals surface area contributed by atoms with Gasteiger partial charge < -0.3 is 15.3 Å². The van der Waals surface area contributed by atoms with E-state index in [4.69, 9.17) is 0 Å². The number of aliphatic hydroxyl groups is 1. The minimum Gasteiger partial charge on any atom is -0.380 e. The number of amides is 1. The van der Waals surface area contributed by atoms with Gasteiger partial charge in [0.05, 0.1) is 5.69 Å². The van der Waals surface area contributed by atoms with E-state index in [0.717, 1.165) is 12.8 Å². The van der Waals surface area contributed by atoms with E-state index < -0.39 is 11.5 Å². The lowest BCUT2D eigenvalue weighted by atomic mass is 10.0. The van der Waals surface area contributed by atoms with E-state index >= 15 is 0 Å². The van der Waals surface area contributed by atoms with Crippen molar-refractivity contribution >= 4 is 17.3 Å². The standard InChI is InChI=1S/C16H23FN2O2/c1-11(2)19(3)14-7-6-12(10-13(14)17)18-15(20)16(21)8-4-5-9-16/h6-7,10-11,21H,4-5,8-9H2,1-3H3,(H,18,20). The van der Waals surface area contributed by atoms with Gasteiger partial charge >= 0.3 is 0 Å². The molecule has 1 aromatic rings. The van der Waals surface area contributed by atoms with Crippen molar-refractivity contribution in [3.8, 4) is 0 Å². The maximum Gasteiger partial charge on any atom is 0.256 e. The van der Waals surface area contributed by atoms with Crippen molar-refractivity contribution in [3.05, 3.63) is 24.0 Å². The third kappa shape index (κ3) is 3.35. The summed E-state index contributed by atoms with van der Waals surface area (Å²) in [5, 5.41) is 12.8. The van der Waals surface area contributed by atoms with Gasteiger partial charge in [0.15, 0.2) is 0 Å². The van der Waals surface area contributed by atoms with E-state index in [9.17, 15) is 14.3 Å². The topological polar surface area (TPSA) is 52.6 Å². The van der Waals surface area contributed by atoms with Crippen LogP contribution < -0.4 is 10.2 Å².